The summed E-state index contributed by atoms with van der Waals surface area (Å²) in [5.74, 6) is 1.81. The first-order valence-corrected chi connectivity index (χ1v) is 20.0. The van der Waals surface area contributed by atoms with Gasteiger partial charge >= 0.3 is 6.09 Å². The Labute approximate surface area is 327 Å². The molecule has 0 aliphatic heterocycles. The number of allylic oxidation sites excluding steroid dienone is 4. The van der Waals surface area contributed by atoms with Gasteiger partial charge < -0.3 is 33.7 Å². The maximum absolute atomic E-state index is 14.6. The highest BCUT2D eigenvalue weighted by atomic mass is 16.6. The Morgan fingerprint density at radius 1 is 0.839 bits per heavy atom. The minimum atomic E-state index is -1.32. The first-order chi connectivity index (χ1) is 26.9. The van der Waals surface area contributed by atoms with Crippen molar-refractivity contribution in [3.05, 3.63) is 114 Å². The van der Waals surface area contributed by atoms with Crippen LogP contribution in [0.5, 0.6) is 17.2 Å². The van der Waals surface area contributed by atoms with E-state index < -0.39 is 34.0 Å². The van der Waals surface area contributed by atoms with E-state index in [1.54, 1.807) is 43.4 Å². The number of carbonyl (C=O) groups excluding carboxylic acids is 2. The van der Waals surface area contributed by atoms with Crippen molar-refractivity contribution in [3.8, 4) is 17.2 Å². The molecule has 3 fully saturated rings. The van der Waals surface area contributed by atoms with Crippen molar-refractivity contribution >= 4 is 22.6 Å². The van der Waals surface area contributed by atoms with E-state index in [1.807, 2.05) is 48.5 Å². The van der Waals surface area contributed by atoms with Crippen LogP contribution in [0.15, 0.2) is 107 Å². The van der Waals surface area contributed by atoms with Crippen LogP contribution in [0, 0.1) is 33.5 Å². The molecule has 1 heterocycles. The van der Waals surface area contributed by atoms with Gasteiger partial charge in [0.1, 0.15) is 17.2 Å². The topological polar surface area (TPSA) is 119 Å². The summed E-state index contributed by atoms with van der Waals surface area (Å²) in [4.78, 5) is 30.7. The Balaban J connectivity index is 1.10. The third kappa shape index (κ3) is 5.26. The van der Waals surface area contributed by atoms with Crippen LogP contribution in [0.1, 0.15) is 74.9 Å². The van der Waals surface area contributed by atoms with Crippen molar-refractivity contribution in [1.82, 2.24) is 4.90 Å². The minimum Gasteiger partial charge on any atom is -0.497 e. The molecule has 6 aliphatic carbocycles. The second-order valence-corrected chi connectivity index (χ2v) is 17.5. The number of aliphatic hydroxyl groups is 2. The number of Topliss-reactive ketones (excluding diaryl/α,β-unsaturated/α-hetero) is 1. The number of methoxy groups -OCH3 is 2. The second kappa shape index (κ2) is 13.1. The number of amides is 1. The lowest BCUT2D eigenvalue weighted by Crippen LogP contribution is -2.67. The SMILES string of the molecule is COc1ccc(CN(C[C@]2(O)CC[C@H]3[C@]45C=C[C@@]6(C=C4C(=O)c4ccco4)CC(O)CC[C@]6(C)[C@H]5CC[C@@]32C)C(=O)Oc2ccc3ccccc3c2)c(OC)c1. The zero-order valence-electron chi connectivity index (χ0n) is 32.6. The monoisotopic (exact) mass is 757 g/mol. The number of ketones is 1. The van der Waals surface area contributed by atoms with Crippen molar-refractivity contribution in [1.29, 1.82) is 0 Å². The van der Waals surface area contributed by atoms with E-state index in [9.17, 15) is 19.8 Å². The van der Waals surface area contributed by atoms with E-state index in [0.29, 0.717) is 42.3 Å². The van der Waals surface area contributed by atoms with Gasteiger partial charge in [0.25, 0.3) is 0 Å². The molecule has 2 spiro atoms. The van der Waals surface area contributed by atoms with Gasteiger partial charge in [-0.05, 0) is 109 Å². The number of ether oxygens (including phenoxy) is 3. The van der Waals surface area contributed by atoms with Crippen molar-refractivity contribution < 1.29 is 38.4 Å². The van der Waals surface area contributed by atoms with E-state index in [1.165, 1.54) is 6.26 Å². The average molecular weight is 758 g/mol. The van der Waals surface area contributed by atoms with Gasteiger partial charge in [0.05, 0.1) is 45.3 Å². The molecule has 2 N–H and O–H groups in total. The predicted octanol–water partition coefficient (Wildman–Crippen LogP) is 8.93. The summed E-state index contributed by atoms with van der Waals surface area (Å²) in [7, 11) is 3.18. The van der Waals surface area contributed by atoms with Crippen LogP contribution in [-0.4, -0.2) is 59.5 Å². The molecule has 9 nitrogen and oxygen atoms in total. The Morgan fingerprint density at radius 2 is 1.59 bits per heavy atom. The summed E-state index contributed by atoms with van der Waals surface area (Å²) in [5, 5.41) is 26.2. The average Bonchev–Trinajstić information content (AvgIpc) is 3.84. The largest absolute Gasteiger partial charge is 0.497 e. The summed E-state index contributed by atoms with van der Waals surface area (Å²) in [5.41, 5.74) is -1.80. The van der Waals surface area contributed by atoms with E-state index in [4.69, 9.17) is 18.6 Å². The molecule has 9 heteroatoms. The quantitative estimate of drug-likeness (QED) is 0.128. The first-order valence-electron chi connectivity index (χ1n) is 20.0. The summed E-state index contributed by atoms with van der Waals surface area (Å²) in [6.07, 6.45) is 12.1. The van der Waals surface area contributed by atoms with Gasteiger partial charge in [-0.3, -0.25) is 4.79 Å². The highest BCUT2D eigenvalue weighted by Crippen LogP contribution is 2.78. The maximum Gasteiger partial charge on any atom is 0.415 e. The molecule has 6 aliphatic rings. The standard InChI is InChI=1S/C47H51NO8/c1-43-18-15-33(49)26-45(43)21-22-47(36(27-45)41(50)37-10-7-23-55-37)39(43)16-19-44(2)40(47)17-20-46(44,52)29-48(28-32-12-13-34(53-3)25-38(32)54-4)42(51)56-35-14-11-30-8-5-6-9-31(30)24-35/h5-14,21-25,27,33,39-40,49,52H,15-20,26,28-29H2,1-4H3/t33?,39-,40-,43-,44+,45+,46-,47-/m1/s1. The molecular formula is C47H51NO8. The second-order valence-electron chi connectivity index (χ2n) is 17.5. The minimum absolute atomic E-state index is 0.0185. The first kappa shape index (κ1) is 36.8. The zero-order valence-corrected chi connectivity index (χ0v) is 32.6. The third-order valence-electron chi connectivity index (χ3n) is 15.2. The number of aliphatic hydroxyl groups excluding tert-OH is 1. The Bertz CT molecular complexity index is 2260. The van der Waals surface area contributed by atoms with E-state index in [2.05, 4.69) is 32.1 Å². The lowest BCUT2D eigenvalue weighted by Gasteiger charge is -2.71. The molecule has 292 valence electrons. The molecule has 3 saturated carbocycles. The lowest BCUT2D eigenvalue weighted by atomic mass is 9.32. The fourth-order valence-corrected chi connectivity index (χ4v) is 12.2. The van der Waals surface area contributed by atoms with E-state index in [0.717, 1.165) is 47.6 Å². The number of hydrogen-bond acceptors (Lipinski definition) is 8. The van der Waals surface area contributed by atoms with Crippen LogP contribution in [0.25, 0.3) is 10.8 Å². The Kier molecular flexibility index (Phi) is 8.60. The number of fused-ring (bicyclic) bond motifs is 2. The molecule has 1 amide bonds. The summed E-state index contributed by atoms with van der Waals surface area (Å²) in [6.45, 7) is 4.68. The van der Waals surface area contributed by atoms with Gasteiger partial charge in [-0.1, -0.05) is 62.4 Å². The fraction of sp³-hybridized carbons (Fsp3) is 0.447. The number of benzene rings is 3. The Morgan fingerprint density at radius 3 is 2.36 bits per heavy atom. The number of furan rings is 1. The smallest absolute Gasteiger partial charge is 0.415 e. The van der Waals surface area contributed by atoms with Crippen molar-refractivity contribution in [2.24, 2.45) is 33.5 Å². The molecule has 0 saturated heterocycles. The van der Waals surface area contributed by atoms with Crippen molar-refractivity contribution in [2.75, 3.05) is 20.8 Å². The van der Waals surface area contributed by atoms with Gasteiger partial charge in [-0.2, -0.15) is 0 Å². The van der Waals surface area contributed by atoms with Gasteiger partial charge in [0, 0.05) is 33.4 Å². The number of rotatable bonds is 9. The van der Waals surface area contributed by atoms with Crippen LogP contribution in [0.4, 0.5) is 4.79 Å². The van der Waals surface area contributed by atoms with Gasteiger partial charge in [-0.25, -0.2) is 4.79 Å². The molecule has 4 aromatic rings. The molecule has 8 atom stereocenters. The van der Waals surface area contributed by atoms with Crippen molar-refractivity contribution in [3.63, 3.8) is 0 Å². The molecular weight excluding hydrogens is 707 g/mol. The molecule has 2 bridgehead atoms. The third-order valence-corrected chi connectivity index (χ3v) is 15.2. The predicted molar refractivity (Wildman–Crippen MR) is 212 cm³/mol. The van der Waals surface area contributed by atoms with Crippen LogP contribution >= 0.6 is 0 Å². The van der Waals surface area contributed by atoms with Crippen molar-refractivity contribution in [2.45, 2.75) is 77.0 Å². The van der Waals surface area contributed by atoms with Gasteiger partial charge in [-0.15, -0.1) is 0 Å². The molecule has 1 unspecified atom stereocenters. The highest BCUT2D eigenvalue weighted by molar-refractivity contribution is 6.08. The van der Waals surface area contributed by atoms with E-state index in [-0.39, 0.29) is 36.1 Å². The molecule has 1 aromatic heterocycles. The number of nitrogens with zero attached hydrogens (tertiary/aromatic N) is 1. The summed E-state index contributed by atoms with van der Waals surface area (Å²) < 4.78 is 23.1. The molecule has 0 radical (unpaired) electrons. The molecule has 10 rings (SSSR count). The number of carbonyl (C=O) groups is 2. The maximum atomic E-state index is 14.6. The Hall–Kier alpha value is -4.86. The normalized spacial score (nSPS) is 33.9. The van der Waals surface area contributed by atoms with Crippen LogP contribution in [-0.2, 0) is 6.54 Å². The van der Waals surface area contributed by atoms with Crippen LogP contribution < -0.4 is 14.2 Å². The summed E-state index contributed by atoms with van der Waals surface area (Å²) in [6, 6.07) is 22.5. The zero-order chi connectivity index (χ0) is 39.1. The van der Waals surface area contributed by atoms with E-state index >= 15 is 0 Å². The van der Waals surface area contributed by atoms with Crippen LogP contribution in [0.3, 0.4) is 0 Å². The van der Waals surface area contributed by atoms with Crippen LogP contribution in [0.2, 0.25) is 0 Å². The molecule has 3 aromatic carbocycles. The fourth-order valence-electron chi connectivity index (χ4n) is 12.2. The molecule has 56 heavy (non-hydrogen) atoms. The summed E-state index contributed by atoms with van der Waals surface area (Å²) >= 11 is 0. The number of hydrogen-bond donors (Lipinski definition) is 2. The lowest BCUT2D eigenvalue weighted by molar-refractivity contribution is -0.175. The van der Waals surface area contributed by atoms with Gasteiger partial charge in [0.15, 0.2) is 5.76 Å². The van der Waals surface area contributed by atoms with Gasteiger partial charge in [0.2, 0.25) is 5.78 Å². The highest BCUT2D eigenvalue weighted by Gasteiger charge is 2.74.